The Morgan fingerprint density at radius 2 is 2.19 bits per heavy atom. The SMILES string of the molecule is Cc1nn(C)c(Cl)c1CC(=O)CNC(C)C. The van der Waals surface area contributed by atoms with Gasteiger partial charge in [0.15, 0.2) is 5.78 Å². The van der Waals surface area contributed by atoms with Gasteiger partial charge in [0.2, 0.25) is 0 Å². The monoisotopic (exact) mass is 243 g/mol. The predicted molar refractivity (Wildman–Crippen MR) is 64.8 cm³/mol. The molecule has 0 atom stereocenters. The van der Waals surface area contributed by atoms with Crippen molar-refractivity contribution in [1.82, 2.24) is 15.1 Å². The lowest BCUT2D eigenvalue weighted by molar-refractivity contribution is -0.117. The minimum atomic E-state index is 0.131. The molecule has 1 heterocycles. The van der Waals surface area contributed by atoms with Crippen LogP contribution < -0.4 is 5.32 Å². The molecule has 16 heavy (non-hydrogen) atoms. The Balaban J connectivity index is 2.63. The average Bonchev–Trinajstić information content (AvgIpc) is 2.42. The number of hydrogen-bond acceptors (Lipinski definition) is 3. The number of aromatic nitrogens is 2. The first kappa shape index (κ1) is 13.2. The lowest BCUT2D eigenvalue weighted by Crippen LogP contribution is -2.30. The van der Waals surface area contributed by atoms with Gasteiger partial charge in [-0.05, 0) is 6.92 Å². The molecule has 0 unspecified atom stereocenters. The molecule has 1 N–H and O–H groups in total. The Morgan fingerprint density at radius 1 is 1.56 bits per heavy atom. The van der Waals surface area contributed by atoms with Crippen LogP contribution in [0.3, 0.4) is 0 Å². The Hall–Kier alpha value is -0.870. The Morgan fingerprint density at radius 3 is 2.62 bits per heavy atom. The zero-order valence-electron chi connectivity index (χ0n) is 10.2. The van der Waals surface area contributed by atoms with Gasteiger partial charge in [-0.15, -0.1) is 0 Å². The highest BCUT2D eigenvalue weighted by atomic mass is 35.5. The molecule has 0 aliphatic carbocycles. The molecule has 5 heteroatoms. The van der Waals surface area contributed by atoms with Crippen LogP contribution in [-0.2, 0) is 18.3 Å². The summed E-state index contributed by atoms with van der Waals surface area (Å²) in [5, 5.41) is 7.81. The summed E-state index contributed by atoms with van der Waals surface area (Å²) in [6.07, 6.45) is 0.345. The van der Waals surface area contributed by atoms with Crippen LogP contribution in [0.2, 0.25) is 5.15 Å². The van der Waals surface area contributed by atoms with Crippen LogP contribution in [0.5, 0.6) is 0 Å². The maximum absolute atomic E-state index is 11.7. The van der Waals surface area contributed by atoms with Crippen molar-refractivity contribution in [2.75, 3.05) is 6.54 Å². The van der Waals surface area contributed by atoms with Crippen LogP contribution in [0.15, 0.2) is 0 Å². The lowest BCUT2D eigenvalue weighted by atomic mass is 10.1. The highest BCUT2D eigenvalue weighted by Crippen LogP contribution is 2.19. The van der Waals surface area contributed by atoms with Gasteiger partial charge in [0.25, 0.3) is 0 Å². The van der Waals surface area contributed by atoms with Crippen LogP contribution in [0, 0.1) is 6.92 Å². The van der Waals surface area contributed by atoms with E-state index in [0.717, 1.165) is 11.3 Å². The van der Waals surface area contributed by atoms with E-state index < -0.39 is 0 Å². The Labute approximate surface area is 101 Å². The van der Waals surface area contributed by atoms with Crippen molar-refractivity contribution in [2.24, 2.45) is 7.05 Å². The molecule has 0 aliphatic rings. The number of rotatable bonds is 5. The number of nitrogens with zero attached hydrogens (tertiary/aromatic N) is 2. The molecule has 1 aromatic heterocycles. The zero-order chi connectivity index (χ0) is 12.3. The molecule has 0 amide bonds. The van der Waals surface area contributed by atoms with Crippen LogP contribution in [0.25, 0.3) is 0 Å². The average molecular weight is 244 g/mol. The van der Waals surface area contributed by atoms with Crippen molar-refractivity contribution in [2.45, 2.75) is 33.2 Å². The molecule has 90 valence electrons. The van der Waals surface area contributed by atoms with Crippen molar-refractivity contribution in [3.8, 4) is 0 Å². The van der Waals surface area contributed by atoms with Gasteiger partial charge in [0, 0.05) is 25.1 Å². The summed E-state index contributed by atoms with van der Waals surface area (Å²) in [5.74, 6) is 0.131. The van der Waals surface area contributed by atoms with Gasteiger partial charge >= 0.3 is 0 Å². The van der Waals surface area contributed by atoms with Gasteiger partial charge in [0.1, 0.15) is 5.15 Å². The zero-order valence-corrected chi connectivity index (χ0v) is 10.9. The van der Waals surface area contributed by atoms with Crippen LogP contribution in [0.1, 0.15) is 25.1 Å². The molecule has 0 saturated heterocycles. The van der Waals surface area contributed by atoms with E-state index in [1.165, 1.54) is 0 Å². The van der Waals surface area contributed by atoms with E-state index >= 15 is 0 Å². The fourth-order valence-corrected chi connectivity index (χ4v) is 1.69. The summed E-state index contributed by atoms with van der Waals surface area (Å²) in [6, 6.07) is 0.314. The van der Waals surface area contributed by atoms with E-state index in [9.17, 15) is 4.79 Å². The van der Waals surface area contributed by atoms with E-state index in [1.807, 2.05) is 20.8 Å². The van der Waals surface area contributed by atoms with Crippen LogP contribution >= 0.6 is 11.6 Å². The number of carbonyl (C=O) groups excluding carboxylic acids is 1. The van der Waals surface area contributed by atoms with Gasteiger partial charge in [-0.25, -0.2) is 0 Å². The van der Waals surface area contributed by atoms with Crippen molar-refractivity contribution >= 4 is 17.4 Å². The van der Waals surface area contributed by atoms with Crippen molar-refractivity contribution in [3.05, 3.63) is 16.4 Å². The third kappa shape index (κ3) is 3.32. The molecular weight excluding hydrogens is 226 g/mol. The summed E-state index contributed by atoms with van der Waals surface area (Å²) in [5.41, 5.74) is 1.66. The van der Waals surface area contributed by atoms with Crippen molar-refractivity contribution in [3.63, 3.8) is 0 Å². The summed E-state index contributed by atoms with van der Waals surface area (Å²) in [6.45, 7) is 6.26. The topological polar surface area (TPSA) is 46.9 Å². The molecule has 1 aromatic rings. The first-order valence-electron chi connectivity index (χ1n) is 5.35. The third-order valence-electron chi connectivity index (χ3n) is 2.35. The Bertz CT molecular complexity index is 385. The number of Topliss-reactive ketones (excluding diaryl/α,β-unsaturated/α-hetero) is 1. The van der Waals surface area contributed by atoms with Gasteiger partial charge in [-0.2, -0.15) is 5.10 Å². The van der Waals surface area contributed by atoms with E-state index in [-0.39, 0.29) is 5.78 Å². The maximum atomic E-state index is 11.7. The van der Waals surface area contributed by atoms with Gasteiger partial charge in [-0.1, -0.05) is 25.4 Å². The quantitative estimate of drug-likeness (QED) is 0.853. The van der Waals surface area contributed by atoms with Gasteiger partial charge < -0.3 is 5.32 Å². The number of ketones is 1. The fraction of sp³-hybridized carbons (Fsp3) is 0.636. The first-order chi connectivity index (χ1) is 7.41. The van der Waals surface area contributed by atoms with Crippen molar-refractivity contribution < 1.29 is 4.79 Å². The number of aryl methyl sites for hydroxylation is 2. The smallest absolute Gasteiger partial charge is 0.151 e. The van der Waals surface area contributed by atoms with Gasteiger partial charge in [-0.3, -0.25) is 9.48 Å². The lowest BCUT2D eigenvalue weighted by Gasteiger charge is -2.06. The summed E-state index contributed by atoms with van der Waals surface area (Å²) < 4.78 is 1.59. The number of carbonyl (C=O) groups is 1. The number of halogens is 1. The fourth-order valence-electron chi connectivity index (χ4n) is 1.45. The van der Waals surface area contributed by atoms with E-state index in [4.69, 9.17) is 11.6 Å². The molecule has 0 aliphatic heterocycles. The summed E-state index contributed by atoms with van der Waals surface area (Å²) >= 11 is 6.05. The number of nitrogens with one attached hydrogen (secondary N) is 1. The molecule has 0 bridgehead atoms. The highest BCUT2D eigenvalue weighted by molar-refractivity contribution is 6.30. The molecule has 1 rings (SSSR count). The van der Waals surface area contributed by atoms with Gasteiger partial charge in [0.05, 0.1) is 12.2 Å². The first-order valence-corrected chi connectivity index (χ1v) is 5.72. The second kappa shape index (κ2) is 5.46. The standard InChI is InChI=1S/C11H18ClN3O/c1-7(2)13-6-9(16)5-10-8(3)14-15(4)11(10)12/h7,13H,5-6H2,1-4H3. The van der Waals surface area contributed by atoms with Crippen LogP contribution in [-0.4, -0.2) is 28.2 Å². The number of hydrogen-bond donors (Lipinski definition) is 1. The maximum Gasteiger partial charge on any atom is 0.151 e. The molecular formula is C11H18ClN3O. The second-order valence-electron chi connectivity index (χ2n) is 4.23. The van der Waals surface area contributed by atoms with E-state index in [0.29, 0.717) is 24.2 Å². The van der Waals surface area contributed by atoms with Crippen LogP contribution in [0.4, 0.5) is 0 Å². The molecule has 0 radical (unpaired) electrons. The van der Waals surface area contributed by atoms with E-state index in [2.05, 4.69) is 10.4 Å². The predicted octanol–water partition coefficient (Wildman–Crippen LogP) is 1.49. The molecule has 0 aromatic carbocycles. The third-order valence-corrected chi connectivity index (χ3v) is 2.82. The highest BCUT2D eigenvalue weighted by Gasteiger charge is 2.14. The molecule has 0 spiro atoms. The Kier molecular flexibility index (Phi) is 4.50. The largest absolute Gasteiger partial charge is 0.308 e. The summed E-state index contributed by atoms with van der Waals surface area (Å²) in [7, 11) is 1.77. The minimum absolute atomic E-state index is 0.131. The molecule has 4 nitrogen and oxygen atoms in total. The second-order valence-corrected chi connectivity index (χ2v) is 4.59. The molecule has 0 fully saturated rings. The van der Waals surface area contributed by atoms with E-state index in [1.54, 1.807) is 11.7 Å². The van der Waals surface area contributed by atoms with Crippen molar-refractivity contribution in [1.29, 1.82) is 0 Å². The minimum Gasteiger partial charge on any atom is -0.308 e. The molecule has 0 saturated carbocycles. The summed E-state index contributed by atoms with van der Waals surface area (Å²) in [4.78, 5) is 11.7. The normalized spacial score (nSPS) is 11.1.